The van der Waals surface area contributed by atoms with Crippen LogP contribution in [0.4, 0.5) is 0 Å². The molecule has 0 spiro atoms. The topological polar surface area (TPSA) is 88.2 Å². The summed E-state index contributed by atoms with van der Waals surface area (Å²) in [4.78, 5) is 14.5. The van der Waals surface area contributed by atoms with Crippen LogP contribution in [0.5, 0.6) is 11.5 Å². The highest BCUT2D eigenvalue weighted by Crippen LogP contribution is 2.30. The van der Waals surface area contributed by atoms with Gasteiger partial charge in [0, 0.05) is 39.3 Å². The molecule has 25 heavy (non-hydrogen) atoms. The van der Waals surface area contributed by atoms with Gasteiger partial charge in [0.15, 0.2) is 11.5 Å². The molecule has 1 fully saturated rings. The lowest BCUT2D eigenvalue weighted by Crippen LogP contribution is -2.49. The van der Waals surface area contributed by atoms with Crippen molar-refractivity contribution in [1.82, 2.24) is 14.5 Å². The Morgan fingerprint density at radius 2 is 1.84 bits per heavy atom. The number of nitrogens with zero attached hydrogens (tertiary/aromatic N) is 2. The molecule has 9 heteroatoms. The molecule has 0 atom stereocenters. The zero-order chi connectivity index (χ0) is 18.4. The number of hydrogen-bond acceptors (Lipinski definition) is 6. The molecule has 1 saturated heterocycles. The Hall–Kier alpha value is -1.84. The van der Waals surface area contributed by atoms with Gasteiger partial charge < -0.3 is 14.8 Å². The maximum absolute atomic E-state index is 12.4. The Bertz CT molecular complexity index is 700. The first-order valence-electron chi connectivity index (χ1n) is 8.03. The summed E-state index contributed by atoms with van der Waals surface area (Å²) in [7, 11) is -0.103. The SMILES string of the molecule is COc1cccc(C(=O)NCCN2CCN(S(C)(=O)=O)CC2)c1OC. The van der Waals surface area contributed by atoms with Gasteiger partial charge in [0.05, 0.1) is 26.0 Å². The van der Waals surface area contributed by atoms with E-state index in [2.05, 4.69) is 10.2 Å². The third kappa shape index (κ3) is 5.07. The lowest BCUT2D eigenvalue weighted by molar-refractivity contribution is 0.0941. The molecule has 2 rings (SSSR count). The third-order valence-corrected chi connectivity index (χ3v) is 5.46. The summed E-state index contributed by atoms with van der Waals surface area (Å²) in [5.74, 6) is 0.682. The number of amides is 1. The normalized spacial score (nSPS) is 16.4. The van der Waals surface area contributed by atoms with E-state index >= 15 is 0 Å². The number of ether oxygens (including phenoxy) is 2. The third-order valence-electron chi connectivity index (χ3n) is 4.16. The Labute approximate surface area is 148 Å². The summed E-state index contributed by atoms with van der Waals surface area (Å²) in [5.41, 5.74) is 0.420. The Morgan fingerprint density at radius 1 is 1.16 bits per heavy atom. The van der Waals surface area contributed by atoms with E-state index in [1.807, 2.05) is 0 Å². The van der Waals surface area contributed by atoms with Gasteiger partial charge in [-0.15, -0.1) is 0 Å². The summed E-state index contributed by atoms with van der Waals surface area (Å²) in [6.07, 6.45) is 1.23. The molecule has 1 heterocycles. The van der Waals surface area contributed by atoms with Crippen molar-refractivity contribution < 1.29 is 22.7 Å². The van der Waals surface area contributed by atoms with Crippen molar-refractivity contribution in [2.24, 2.45) is 0 Å². The number of carbonyl (C=O) groups excluding carboxylic acids is 1. The van der Waals surface area contributed by atoms with Crippen LogP contribution in [0.3, 0.4) is 0 Å². The van der Waals surface area contributed by atoms with Crippen LogP contribution < -0.4 is 14.8 Å². The van der Waals surface area contributed by atoms with Gasteiger partial charge in [0.25, 0.3) is 5.91 Å². The fourth-order valence-electron chi connectivity index (χ4n) is 2.77. The van der Waals surface area contributed by atoms with Gasteiger partial charge in [-0.05, 0) is 12.1 Å². The van der Waals surface area contributed by atoms with E-state index in [-0.39, 0.29) is 5.91 Å². The van der Waals surface area contributed by atoms with Gasteiger partial charge in [-0.3, -0.25) is 9.69 Å². The number of piperazine rings is 1. The van der Waals surface area contributed by atoms with Crippen molar-refractivity contribution in [2.45, 2.75) is 0 Å². The molecule has 0 aliphatic carbocycles. The number of sulfonamides is 1. The smallest absolute Gasteiger partial charge is 0.255 e. The van der Waals surface area contributed by atoms with Crippen LogP contribution in [0, 0.1) is 0 Å². The van der Waals surface area contributed by atoms with Crippen molar-refractivity contribution >= 4 is 15.9 Å². The van der Waals surface area contributed by atoms with E-state index in [1.54, 1.807) is 18.2 Å². The molecule has 1 aliphatic rings. The minimum Gasteiger partial charge on any atom is -0.493 e. The standard InChI is InChI=1S/C16H25N3O5S/c1-23-14-6-4-5-13(15(14)24-2)16(20)17-7-8-18-9-11-19(12-10-18)25(3,21)22/h4-6H,7-12H2,1-3H3,(H,17,20). The molecule has 1 aliphatic heterocycles. The Morgan fingerprint density at radius 3 is 2.40 bits per heavy atom. The average Bonchev–Trinajstić information content (AvgIpc) is 2.60. The first kappa shape index (κ1) is 19.5. The number of carbonyl (C=O) groups is 1. The highest BCUT2D eigenvalue weighted by atomic mass is 32.2. The minimum atomic E-state index is -3.12. The van der Waals surface area contributed by atoms with Crippen LogP contribution in [0.1, 0.15) is 10.4 Å². The highest BCUT2D eigenvalue weighted by molar-refractivity contribution is 7.88. The monoisotopic (exact) mass is 371 g/mol. The largest absolute Gasteiger partial charge is 0.493 e. The van der Waals surface area contributed by atoms with Crippen LogP contribution in [0.2, 0.25) is 0 Å². The van der Waals surface area contributed by atoms with Crippen molar-refractivity contribution in [3.8, 4) is 11.5 Å². The molecule has 0 saturated carbocycles. The molecule has 1 amide bonds. The van der Waals surface area contributed by atoms with Crippen LogP contribution in [-0.2, 0) is 10.0 Å². The van der Waals surface area contributed by atoms with Crippen LogP contribution in [0.15, 0.2) is 18.2 Å². The zero-order valence-corrected chi connectivity index (χ0v) is 15.6. The van der Waals surface area contributed by atoms with Gasteiger partial charge in [0.1, 0.15) is 0 Å². The lowest BCUT2D eigenvalue weighted by Gasteiger charge is -2.33. The first-order chi connectivity index (χ1) is 11.9. The molecule has 1 aromatic carbocycles. The maximum atomic E-state index is 12.4. The van der Waals surface area contributed by atoms with E-state index in [9.17, 15) is 13.2 Å². The molecule has 0 unspecified atom stereocenters. The molecular weight excluding hydrogens is 346 g/mol. The zero-order valence-electron chi connectivity index (χ0n) is 14.8. The van der Waals surface area contributed by atoms with Crippen molar-refractivity contribution in [3.05, 3.63) is 23.8 Å². The average molecular weight is 371 g/mol. The maximum Gasteiger partial charge on any atom is 0.255 e. The van der Waals surface area contributed by atoms with E-state index in [1.165, 1.54) is 24.8 Å². The fourth-order valence-corrected chi connectivity index (χ4v) is 3.60. The second-order valence-corrected chi connectivity index (χ2v) is 7.78. The van der Waals surface area contributed by atoms with E-state index in [4.69, 9.17) is 9.47 Å². The lowest BCUT2D eigenvalue weighted by atomic mass is 10.1. The highest BCUT2D eigenvalue weighted by Gasteiger charge is 2.23. The van der Waals surface area contributed by atoms with Crippen molar-refractivity contribution in [3.63, 3.8) is 0 Å². The van der Waals surface area contributed by atoms with E-state index in [0.717, 1.165) is 0 Å². The molecule has 1 aromatic rings. The van der Waals surface area contributed by atoms with Crippen molar-refractivity contribution in [1.29, 1.82) is 0 Å². The molecule has 0 aromatic heterocycles. The van der Waals surface area contributed by atoms with E-state index < -0.39 is 10.0 Å². The first-order valence-corrected chi connectivity index (χ1v) is 9.88. The van der Waals surface area contributed by atoms with Crippen LogP contribution in [0.25, 0.3) is 0 Å². The second kappa shape index (κ2) is 8.50. The summed E-state index contributed by atoms with van der Waals surface area (Å²) in [6, 6.07) is 5.15. The summed E-state index contributed by atoms with van der Waals surface area (Å²) < 4.78 is 34.9. The number of nitrogens with one attached hydrogen (secondary N) is 1. The second-order valence-electron chi connectivity index (χ2n) is 5.80. The molecule has 1 N–H and O–H groups in total. The summed E-state index contributed by atoms with van der Waals surface area (Å²) >= 11 is 0. The van der Waals surface area contributed by atoms with Gasteiger partial charge >= 0.3 is 0 Å². The van der Waals surface area contributed by atoms with Gasteiger partial charge in [-0.25, -0.2) is 8.42 Å². The van der Waals surface area contributed by atoms with Gasteiger partial charge in [-0.1, -0.05) is 6.07 Å². The van der Waals surface area contributed by atoms with Gasteiger partial charge in [-0.2, -0.15) is 4.31 Å². The predicted octanol–water partition coefficient (Wildman–Crippen LogP) is 0.0108. The quantitative estimate of drug-likeness (QED) is 0.727. The number of benzene rings is 1. The van der Waals surface area contributed by atoms with E-state index in [0.29, 0.717) is 56.3 Å². The summed E-state index contributed by atoms with van der Waals surface area (Å²) in [6.45, 7) is 3.41. The fraction of sp³-hybridized carbons (Fsp3) is 0.562. The Kier molecular flexibility index (Phi) is 6.63. The van der Waals surface area contributed by atoms with Crippen molar-refractivity contribution in [2.75, 3.05) is 59.7 Å². The minimum absolute atomic E-state index is 0.231. The molecule has 8 nitrogen and oxygen atoms in total. The predicted molar refractivity (Wildman–Crippen MR) is 94.7 cm³/mol. The number of methoxy groups -OCH3 is 2. The Balaban J connectivity index is 1.84. The molecule has 140 valence electrons. The number of rotatable bonds is 7. The van der Waals surface area contributed by atoms with Crippen LogP contribution >= 0.6 is 0 Å². The van der Waals surface area contributed by atoms with Gasteiger partial charge in [0.2, 0.25) is 10.0 Å². The molecular formula is C16H25N3O5S. The number of hydrogen-bond donors (Lipinski definition) is 1. The van der Waals surface area contributed by atoms with Crippen LogP contribution in [-0.4, -0.2) is 83.3 Å². The molecule has 0 radical (unpaired) electrons. The number of para-hydroxylation sites is 1. The molecule has 0 bridgehead atoms. The summed E-state index contributed by atoms with van der Waals surface area (Å²) in [5, 5.41) is 2.87.